The second kappa shape index (κ2) is 7.26. The Labute approximate surface area is 115 Å². The van der Waals surface area contributed by atoms with E-state index in [4.69, 9.17) is 0 Å². The van der Waals surface area contributed by atoms with Crippen LogP contribution in [0.2, 0.25) is 0 Å². The van der Waals surface area contributed by atoms with Crippen molar-refractivity contribution in [1.82, 2.24) is 10.2 Å². The summed E-state index contributed by atoms with van der Waals surface area (Å²) in [6, 6.07) is 9.63. The van der Waals surface area contributed by atoms with E-state index < -0.39 is 0 Å². The summed E-state index contributed by atoms with van der Waals surface area (Å²) in [4.78, 5) is 14.2. The van der Waals surface area contributed by atoms with Crippen LogP contribution in [0.25, 0.3) is 0 Å². The summed E-state index contributed by atoms with van der Waals surface area (Å²) in [6.07, 6.45) is 2.36. The Balaban J connectivity index is 1.72. The van der Waals surface area contributed by atoms with Crippen molar-refractivity contribution in [3.8, 4) is 0 Å². The highest BCUT2D eigenvalue weighted by molar-refractivity contribution is 5.92. The van der Waals surface area contributed by atoms with Gasteiger partial charge in [-0.25, -0.2) is 0 Å². The third-order valence-electron chi connectivity index (χ3n) is 3.62. The number of likely N-dealkylation sites (tertiary alicyclic amines) is 1. The van der Waals surface area contributed by atoms with Crippen LogP contribution in [0.15, 0.2) is 30.3 Å². The van der Waals surface area contributed by atoms with Crippen molar-refractivity contribution in [1.29, 1.82) is 0 Å². The largest absolute Gasteiger partial charge is 0.325 e. The molecule has 104 valence electrons. The lowest BCUT2D eigenvalue weighted by Crippen LogP contribution is -2.40. The first-order valence-corrected chi connectivity index (χ1v) is 7.00. The van der Waals surface area contributed by atoms with Crippen LogP contribution in [0, 0.1) is 5.92 Å². The van der Waals surface area contributed by atoms with Crippen molar-refractivity contribution in [3.05, 3.63) is 30.3 Å². The van der Waals surface area contributed by atoms with E-state index in [2.05, 4.69) is 15.5 Å². The number of para-hydroxylation sites is 1. The molecule has 1 aromatic carbocycles. The second-order valence-electron chi connectivity index (χ2n) is 5.19. The summed E-state index contributed by atoms with van der Waals surface area (Å²) >= 11 is 0. The average Bonchev–Trinajstić information content (AvgIpc) is 2.42. The van der Waals surface area contributed by atoms with E-state index in [-0.39, 0.29) is 5.91 Å². The van der Waals surface area contributed by atoms with Crippen LogP contribution in [0.3, 0.4) is 0 Å². The highest BCUT2D eigenvalue weighted by atomic mass is 16.2. The van der Waals surface area contributed by atoms with E-state index in [1.165, 1.54) is 12.8 Å². The lowest BCUT2D eigenvalue weighted by Gasteiger charge is -2.31. The summed E-state index contributed by atoms with van der Waals surface area (Å²) in [7, 11) is 2.00. The van der Waals surface area contributed by atoms with Gasteiger partial charge < -0.3 is 10.6 Å². The first-order valence-electron chi connectivity index (χ1n) is 7.00. The van der Waals surface area contributed by atoms with Crippen LogP contribution in [0.1, 0.15) is 12.8 Å². The molecule has 0 bridgehead atoms. The van der Waals surface area contributed by atoms with Crippen LogP contribution in [-0.4, -0.2) is 44.0 Å². The number of rotatable bonds is 5. The van der Waals surface area contributed by atoms with E-state index in [9.17, 15) is 4.79 Å². The van der Waals surface area contributed by atoms with Crippen molar-refractivity contribution in [2.75, 3.05) is 38.5 Å². The number of carbonyl (C=O) groups excluding carboxylic acids is 1. The fourth-order valence-corrected chi connectivity index (χ4v) is 2.56. The summed E-state index contributed by atoms with van der Waals surface area (Å²) in [5.41, 5.74) is 0.873. The van der Waals surface area contributed by atoms with Crippen molar-refractivity contribution >= 4 is 11.6 Å². The molecular weight excluding hydrogens is 238 g/mol. The summed E-state index contributed by atoms with van der Waals surface area (Å²) in [5.74, 6) is 0.844. The second-order valence-corrected chi connectivity index (χ2v) is 5.19. The molecular formula is C15H23N3O. The maximum Gasteiger partial charge on any atom is 0.238 e. The molecule has 1 saturated heterocycles. The van der Waals surface area contributed by atoms with Gasteiger partial charge in [0.15, 0.2) is 0 Å². The maximum absolute atomic E-state index is 11.9. The summed E-state index contributed by atoms with van der Waals surface area (Å²) < 4.78 is 0. The Kier molecular flexibility index (Phi) is 5.36. The Morgan fingerprint density at radius 3 is 2.58 bits per heavy atom. The number of amides is 1. The molecule has 0 atom stereocenters. The molecule has 1 aliphatic rings. The molecule has 0 radical (unpaired) electrons. The van der Waals surface area contributed by atoms with Crippen molar-refractivity contribution < 1.29 is 4.79 Å². The van der Waals surface area contributed by atoms with Gasteiger partial charge in [-0.2, -0.15) is 0 Å². The van der Waals surface area contributed by atoms with Gasteiger partial charge in [0.2, 0.25) is 5.91 Å². The lowest BCUT2D eigenvalue weighted by atomic mass is 9.97. The van der Waals surface area contributed by atoms with E-state index in [1.54, 1.807) is 0 Å². The third kappa shape index (κ3) is 4.65. The molecule has 4 nitrogen and oxygen atoms in total. The monoisotopic (exact) mass is 261 g/mol. The number of nitrogens with zero attached hydrogens (tertiary/aromatic N) is 1. The zero-order valence-corrected chi connectivity index (χ0v) is 11.6. The lowest BCUT2D eigenvalue weighted by molar-refractivity contribution is -0.117. The van der Waals surface area contributed by atoms with E-state index in [0.29, 0.717) is 6.54 Å². The van der Waals surface area contributed by atoms with Gasteiger partial charge in [0, 0.05) is 5.69 Å². The molecule has 1 heterocycles. The molecule has 2 rings (SSSR count). The number of hydrogen-bond donors (Lipinski definition) is 2. The van der Waals surface area contributed by atoms with Gasteiger partial charge in [-0.1, -0.05) is 18.2 Å². The molecule has 2 N–H and O–H groups in total. The van der Waals surface area contributed by atoms with Crippen LogP contribution in [0.4, 0.5) is 5.69 Å². The Hall–Kier alpha value is -1.39. The van der Waals surface area contributed by atoms with Crippen LogP contribution < -0.4 is 10.6 Å². The van der Waals surface area contributed by atoms with Gasteiger partial charge in [-0.05, 0) is 57.6 Å². The molecule has 1 fully saturated rings. The van der Waals surface area contributed by atoms with E-state index in [1.807, 2.05) is 37.4 Å². The van der Waals surface area contributed by atoms with Crippen molar-refractivity contribution in [2.45, 2.75) is 12.8 Å². The predicted octanol–water partition coefficient (Wildman–Crippen LogP) is 1.56. The molecule has 1 aliphatic heterocycles. The number of benzene rings is 1. The van der Waals surface area contributed by atoms with Crippen molar-refractivity contribution in [3.63, 3.8) is 0 Å². The van der Waals surface area contributed by atoms with Gasteiger partial charge in [0.25, 0.3) is 0 Å². The third-order valence-corrected chi connectivity index (χ3v) is 3.62. The molecule has 1 aromatic rings. The van der Waals surface area contributed by atoms with Crippen LogP contribution >= 0.6 is 0 Å². The number of carbonyl (C=O) groups is 1. The highest BCUT2D eigenvalue weighted by Gasteiger charge is 2.20. The quantitative estimate of drug-likeness (QED) is 0.845. The number of nitrogens with one attached hydrogen (secondary N) is 2. The molecule has 0 aromatic heterocycles. The molecule has 0 unspecified atom stereocenters. The van der Waals surface area contributed by atoms with Gasteiger partial charge in [0.05, 0.1) is 6.54 Å². The molecule has 0 aliphatic carbocycles. The average molecular weight is 261 g/mol. The Morgan fingerprint density at radius 1 is 1.26 bits per heavy atom. The standard InChI is InChI=1S/C15H23N3O/c1-16-11-13-7-9-18(10-8-13)12-15(19)17-14-5-3-2-4-6-14/h2-6,13,16H,7-12H2,1H3,(H,17,19). The van der Waals surface area contributed by atoms with Gasteiger partial charge in [-0.3, -0.25) is 9.69 Å². The molecule has 4 heteroatoms. The zero-order valence-electron chi connectivity index (χ0n) is 11.6. The first-order chi connectivity index (χ1) is 9.28. The minimum Gasteiger partial charge on any atom is -0.325 e. The normalized spacial score (nSPS) is 17.3. The number of anilines is 1. The fourth-order valence-electron chi connectivity index (χ4n) is 2.56. The molecule has 1 amide bonds. The van der Waals surface area contributed by atoms with Crippen molar-refractivity contribution in [2.24, 2.45) is 5.92 Å². The van der Waals surface area contributed by atoms with Crippen LogP contribution in [0.5, 0.6) is 0 Å². The smallest absolute Gasteiger partial charge is 0.238 e. The maximum atomic E-state index is 11.9. The van der Waals surface area contributed by atoms with E-state index in [0.717, 1.165) is 31.2 Å². The topological polar surface area (TPSA) is 44.4 Å². The number of hydrogen-bond acceptors (Lipinski definition) is 3. The molecule has 0 spiro atoms. The fraction of sp³-hybridized carbons (Fsp3) is 0.533. The Morgan fingerprint density at radius 2 is 1.95 bits per heavy atom. The van der Waals surface area contributed by atoms with Gasteiger partial charge in [0.1, 0.15) is 0 Å². The summed E-state index contributed by atoms with van der Waals surface area (Å²) in [6.45, 7) is 3.63. The minimum absolute atomic E-state index is 0.0817. The van der Waals surface area contributed by atoms with Crippen LogP contribution in [-0.2, 0) is 4.79 Å². The zero-order chi connectivity index (χ0) is 13.5. The predicted molar refractivity (Wildman–Crippen MR) is 78.2 cm³/mol. The first kappa shape index (κ1) is 14.0. The van der Waals surface area contributed by atoms with Gasteiger partial charge in [-0.15, -0.1) is 0 Å². The highest BCUT2D eigenvalue weighted by Crippen LogP contribution is 2.16. The molecule has 19 heavy (non-hydrogen) atoms. The van der Waals surface area contributed by atoms with E-state index >= 15 is 0 Å². The summed E-state index contributed by atoms with van der Waals surface area (Å²) in [5, 5.41) is 6.16. The van der Waals surface area contributed by atoms with Gasteiger partial charge >= 0.3 is 0 Å². The number of piperidine rings is 1. The SMILES string of the molecule is CNCC1CCN(CC(=O)Nc2ccccc2)CC1. The molecule has 0 saturated carbocycles. The Bertz CT molecular complexity index is 386. The minimum atomic E-state index is 0.0817.